The number of carbonyl (C=O) groups is 3. The monoisotopic (exact) mass is 435 g/mol. The van der Waals surface area contributed by atoms with Gasteiger partial charge in [-0.25, -0.2) is 4.79 Å². The quantitative estimate of drug-likeness (QED) is 0.555. The summed E-state index contributed by atoms with van der Waals surface area (Å²) in [4.78, 5) is 42.7. The van der Waals surface area contributed by atoms with Gasteiger partial charge in [0.05, 0.1) is 20.1 Å². The van der Waals surface area contributed by atoms with Gasteiger partial charge in [-0.15, -0.1) is 0 Å². The normalized spacial score (nSPS) is 16.8. The van der Waals surface area contributed by atoms with Gasteiger partial charge in [0, 0.05) is 42.2 Å². The Balaban J connectivity index is 1.46. The molecule has 166 valence electrons. The Hall–Kier alpha value is -3.81. The van der Waals surface area contributed by atoms with Gasteiger partial charge < -0.3 is 24.7 Å². The first-order chi connectivity index (χ1) is 15.5. The van der Waals surface area contributed by atoms with Crippen LogP contribution >= 0.6 is 0 Å². The highest BCUT2D eigenvalue weighted by Crippen LogP contribution is 2.27. The van der Waals surface area contributed by atoms with Crippen LogP contribution in [0.2, 0.25) is 0 Å². The van der Waals surface area contributed by atoms with E-state index in [2.05, 4.69) is 10.3 Å². The van der Waals surface area contributed by atoms with Crippen LogP contribution in [-0.2, 0) is 25.5 Å². The fourth-order valence-electron chi connectivity index (χ4n) is 4.04. The molecule has 2 atom stereocenters. The number of benzene rings is 2. The van der Waals surface area contributed by atoms with Crippen LogP contribution in [0.1, 0.15) is 12.0 Å². The highest BCUT2D eigenvalue weighted by molar-refractivity contribution is 6.01. The van der Waals surface area contributed by atoms with E-state index in [1.54, 1.807) is 36.3 Å². The number of ether oxygens (including phenoxy) is 2. The van der Waals surface area contributed by atoms with Crippen LogP contribution in [0.3, 0.4) is 0 Å². The molecule has 4 rings (SSSR count). The molecule has 3 aromatic rings. The number of H-pyrrole nitrogens is 1. The SMILES string of the molecule is COC(=O)[C@H](Cc1c[nH]c2ccccc12)NC(=O)[C@@H]1CC(=O)N(c2ccc(OC)cc2)C1. The summed E-state index contributed by atoms with van der Waals surface area (Å²) in [7, 11) is 2.87. The summed E-state index contributed by atoms with van der Waals surface area (Å²) in [6, 6.07) is 14.0. The standard InChI is InChI=1S/C24H25N3O5/c1-31-18-9-7-17(8-10-18)27-14-16(12-22(27)28)23(29)26-21(24(30)32-2)11-15-13-25-20-6-4-3-5-19(15)20/h3-10,13,16,21,25H,11-12,14H2,1-2H3,(H,26,29)/t16-,21+/m1/s1. The number of anilines is 1. The van der Waals surface area contributed by atoms with Crippen molar-refractivity contribution in [1.82, 2.24) is 10.3 Å². The number of amides is 2. The van der Waals surface area contributed by atoms with Crippen molar-refractivity contribution in [2.24, 2.45) is 5.92 Å². The van der Waals surface area contributed by atoms with Crippen LogP contribution in [0.25, 0.3) is 10.9 Å². The molecule has 2 heterocycles. The minimum absolute atomic E-state index is 0.0822. The lowest BCUT2D eigenvalue weighted by Gasteiger charge is -2.20. The van der Waals surface area contributed by atoms with Crippen LogP contribution in [0.15, 0.2) is 54.7 Å². The maximum Gasteiger partial charge on any atom is 0.328 e. The fraction of sp³-hybridized carbons (Fsp3) is 0.292. The molecule has 1 saturated heterocycles. The number of esters is 1. The maximum atomic E-state index is 13.0. The Morgan fingerprint density at radius 2 is 1.91 bits per heavy atom. The number of para-hydroxylation sites is 1. The Bertz CT molecular complexity index is 1140. The predicted molar refractivity (Wildman–Crippen MR) is 119 cm³/mol. The van der Waals surface area contributed by atoms with Gasteiger partial charge >= 0.3 is 5.97 Å². The fourth-order valence-corrected chi connectivity index (χ4v) is 4.04. The summed E-state index contributed by atoms with van der Waals surface area (Å²) in [5.74, 6) is -0.876. The van der Waals surface area contributed by atoms with Crippen LogP contribution in [0.4, 0.5) is 5.69 Å². The topological polar surface area (TPSA) is 101 Å². The zero-order chi connectivity index (χ0) is 22.7. The molecular formula is C24H25N3O5. The highest BCUT2D eigenvalue weighted by atomic mass is 16.5. The third kappa shape index (κ3) is 4.30. The van der Waals surface area contributed by atoms with E-state index in [1.807, 2.05) is 30.5 Å². The molecule has 1 aliphatic heterocycles. The first-order valence-corrected chi connectivity index (χ1v) is 10.4. The molecule has 2 aromatic carbocycles. The van der Waals surface area contributed by atoms with Gasteiger partial charge in [0.25, 0.3) is 0 Å². The van der Waals surface area contributed by atoms with E-state index in [1.165, 1.54) is 7.11 Å². The number of hydrogen-bond donors (Lipinski definition) is 2. The van der Waals surface area contributed by atoms with Crippen molar-refractivity contribution in [1.29, 1.82) is 0 Å². The highest BCUT2D eigenvalue weighted by Gasteiger charge is 2.37. The molecule has 0 unspecified atom stereocenters. The molecule has 2 N–H and O–H groups in total. The van der Waals surface area contributed by atoms with Gasteiger partial charge in [-0.3, -0.25) is 9.59 Å². The van der Waals surface area contributed by atoms with Crippen molar-refractivity contribution in [2.75, 3.05) is 25.7 Å². The summed E-state index contributed by atoms with van der Waals surface area (Å²) in [5, 5.41) is 3.78. The first kappa shape index (κ1) is 21.4. The summed E-state index contributed by atoms with van der Waals surface area (Å²) in [6.07, 6.45) is 2.20. The summed E-state index contributed by atoms with van der Waals surface area (Å²) in [6.45, 7) is 0.248. The van der Waals surface area contributed by atoms with E-state index < -0.39 is 17.9 Å². The lowest BCUT2D eigenvalue weighted by Crippen LogP contribution is -2.46. The lowest BCUT2D eigenvalue weighted by molar-refractivity contribution is -0.145. The van der Waals surface area contributed by atoms with Crippen LogP contribution in [-0.4, -0.2) is 49.6 Å². The third-order valence-electron chi connectivity index (χ3n) is 5.78. The molecule has 8 nitrogen and oxygen atoms in total. The molecule has 0 saturated carbocycles. The Morgan fingerprint density at radius 1 is 1.16 bits per heavy atom. The van der Waals surface area contributed by atoms with Crippen molar-refractivity contribution < 1.29 is 23.9 Å². The van der Waals surface area contributed by atoms with Gasteiger partial charge in [0.2, 0.25) is 11.8 Å². The largest absolute Gasteiger partial charge is 0.497 e. The molecule has 1 aromatic heterocycles. The Labute approximate surface area is 185 Å². The van der Waals surface area contributed by atoms with Crippen molar-refractivity contribution >= 4 is 34.4 Å². The van der Waals surface area contributed by atoms with E-state index in [9.17, 15) is 14.4 Å². The van der Waals surface area contributed by atoms with E-state index in [0.29, 0.717) is 11.4 Å². The number of nitrogens with one attached hydrogen (secondary N) is 2. The van der Waals surface area contributed by atoms with Gasteiger partial charge in [-0.2, -0.15) is 0 Å². The summed E-state index contributed by atoms with van der Waals surface area (Å²) in [5.41, 5.74) is 2.56. The number of aromatic nitrogens is 1. The predicted octanol–water partition coefficient (Wildman–Crippen LogP) is 2.43. The molecule has 32 heavy (non-hydrogen) atoms. The minimum atomic E-state index is -0.850. The van der Waals surface area contributed by atoms with Crippen LogP contribution in [0, 0.1) is 5.92 Å². The number of aromatic amines is 1. The van der Waals surface area contributed by atoms with Gasteiger partial charge in [-0.05, 0) is 35.9 Å². The van der Waals surface area contributed by atoms with Crippen LogP contribution < -0.4 is 15.0 Å². The number of fused-ring (bicyclic) bond motifs is 1. The molecule has 8 heteroatoms. The minimum Gasteiger partial charge on any atom is -0.497 e. The zero-order valence-electron chi connectivity index (χ0n) is 18.0. The average Bonchev–Trinajstić information content (AvgIpc) is 3.41. The summed E-state index contributed by atoms with van der Waals surface area (Å²) >= 11 is 0. The van der Waals surface area contributed by atoms with Gasteiger partial charge in [-0.1, -0.05) is 18.2 Å². The van der Waals surface area contributed by atoms with Crippen molar-refractivity contribution in [3.8, 4) is 5.75 Å². The number of nitrogens with zero attached hydrogens (tertiary/aromatic N) is 1. The second-order valence-electron chi connectivity index (χ2n) is 7.75. The number of carbonyl (C=O) groups excluding carboxylic acids is 3. The zero-order valence-corrected chi connectivity index (χ0v) is 18.0. The Morgan fingerprint density at radius 3 is 2.62 bits per heavy atom. The van der Waals surface area contributed by atoms with Crippen molar-refractivity contribution in [3.63, 3.8) is 0 Å². The Kier molecular flexibility index (Phi) is 6.11. The lowest BCUT2D eigenvalue weighted by atomic mass is 10.0. The molecule has 0 bridgehead atoms. The second kappa shape index (κ2) is 9.13. The van der Waals surface area contributed by atoms with Gasteiger partial charge in [0.15, 0.2) is 0 Å². The van der Waals surface area contributed by atoms with E-state index in [-0.39, 0.29) is 31.2 Å². The molecule has 0 aliphatic carbocycles. The molecule has 0 spiro atoms. The molecule has 1 aliphatic rings. The number of hydrogen-bond acceptors (Lipinski definition) is 5. The van der Waals surface area contributed by atoms with Gasteiger partial charge in [0.1, 0.15) is 11.8 Å². The second-order valence-corrected chi connectivity index (χ2v) is 7.75. The number of methoxy groups -OCH3 is 2. The molecule has 1 fully saturated rings. The van der Waals surface area contributed by atoms with Crippen molar-refractivity contribution in [2.45, 2.75) is 18.9 Å². The first-order valence-electron chi connectivity index (χ1n) is 10.4. The third-order valence-corrected chi connectivity index (χ3v) is 5.78. The van der Waals surface area contributed by atoms with Crippen LogP contribution in [0.5, 0.6) is 5.75 Å². The van der Waals surface area contributed by atoms with E-state index in [0.717, 1.165) is 16.5 Å². The van der Waals surface area contributed by atoms with E-state index in [4.69, 9.17) is 9.47 Å². The maximum absolute atomic E-state index is 13.0. The smallest absolute Gasteiger partial charge is 0.328 e. The van der Waals surface area contributed by atoms with E-state index >= 15 is 0 Å². The number of rotatable bonds is 7. The molecular weight excluding hydrogens is 410 g/mol. The molecule has 2 amide bonds. The summed E-state index contributed by atoms with van der Waals surface area (Å²) < 4.78 is 10.1. The molecule has 0 radical (unpaired) electrons. The van der Waals surface area contributed by atoms with Crippen molar-refractivity contribution in [3.05, 3.63) is 60.3 Å². The average molecular weight is 435 g/mol.